The van der Waals surface area contributed by atoms with E-state index in [2.05, 4.69) is 4.90 Å². The number of methoxy groups -OCH3 is 1. The van der Waals surface area contributed by atoms with Gasteiger partial charge < -0.3 is 14.4 Å². The van der Waals surface area contributed by atoms with Crippen molar-refractivity contribution in [1.82, 2.24) is 9.80 Å². The average molecular weight is 397 g/mol. The summed E-state index contributed by atoms with van der Waals surface area (Å²) in [6, 6.07) is 12.6. The number of likely N-dealkylation sites (N-methyl/N-ethyl adjacent to an activating group) is 1. The van der Waals surface area contributed by atoms with Gasteiger partial charge >= 0.3 is 0 Å². The minimum Gasteiger partial charge on any atom is -0.496 e. The lowest BCUT2D eigenvalue weighted by Gasteiger charge is -2.42. The molecule has 1 amide bonds. The van der Waals surface area contributed by atoms with Gasteiger partial charge in [0.25, 0.3) is 5.91 Å². The lowest BCUT2D eigenvalue weighted by molar-refractivity contribution is -0.136. The van der Waals surface area contributed by atoms with Crippen molar-refractivity contribution in [3.63, 3.8) is 0 Å². The van der Waals surface area contributed by atoms with Crippen LogP contribution in [0.15, 0.2) is 36.4 Å². The molecule has 5 nitrogen and oxygen atoms in total. The van der Waals surface area contributed by atoms with E-state index < -0.39 is 0 Å². The highest BCUT2D eigenvalue weighted by atomic mass is 16.5. The van der Waals surface area contributed by atoms with Crippen LogP contribution in [0, 0.1) is 0 Å². The summed E-state index contributed by atoms with van der Waals surface area (Å²) in [5.74, 6) is 1.59. The van der Waals surface area contributed by atoms with Gasteiger partial charge in [-0.05, 0) is 50.9 Å². The molecule has 2 aromatic rings. The minimum atomic E-state index is 0.0565. The van der Waals surface area contributed by atoms with Crippen LogP contribution in [0.25, 0.3) is 10.8 Å². The van der Waals surface area contributed by atoms with E-state index in [0.717, 1.165) is 28.7 Å². The van der Waals surface area contributed by atoms with Crippen molar-refractivity contribution in [3.8, 4) is 11.5 Å². The summed E-state index contributed by atoms with van der Waals surface area (Å²) in [7, 11) is 3.62. The maximum atomic E-state index is 13.0. The van der Waals surface area contributed by atoms with Crippen molar-refractivity contribution in [2.24, 2.45) is 0 Å². The van der Waals surface area contributed by atoms with Gasteiger partial charge in [0.05, 0.1) is 7.11 Å². The number of carbonyl (C=O) groups is 1. The van der Waals surface area contributed by atoms with Crippen molar-refractivity contribution in [2.45, 2.75) is 50.6 Å². The Morgan fingerprint density at radius 2 is 1.66 bits per heavy atom. The molecule has 0 aromatic heterocycles. The second kappa shape index (κ2) is 9.04. The second-order valence-corrected chi connectivity index (χ2v) is 8.27. The minimum absolute atomic E-state index is 0.0565. The number of nitrogens with zero attached hydrogens (tertiary/aromatic N) is 2. The molecule has 29 heavy (non-hydrogen) atoms. The third-order valence-electron chi connectivity index (χ3n) is 6.61. The van der Waals surface area contributed by atoms with Gasteiger partial charge in [-0.25, -0.2) is 0 Å². The van der Waals surface area contributed by atoms with Crippen molar-refractivity contribution >= 4 is 16.7 Å². The van der Waals surface area contributed by atoms with Crippen LogP contribution in [0.3, 0.4) is 0 Å². The normalized spacial score (nSPS) is 22.6. The first kappa shape index (κ1) is 20.0. The van der Waals surface area contributed by atoms with Crippen molar-refractivity contribution in [2.75, 3.05) is 33.9 Å². The predicted molar refractivity (Wildman–Crippen MR) is 116 cm³/mol. The van der Waals surface area contributed by atoms with Gasteiger partial charge in [-0.2, -0.15) is 0 Å². The number of carbonyl (C=O) groups excluding carboxylic acids is 1. The fourth-order valence-corrected chi connectivity index (χ4v) is 5.02. The van der Waals surface area contributed by atoms with Crippen LogP contribution in [0.5, 0.6) is 11.5 Å². The van der Waals surface area contributed by atoms with Gasteiger partial charge in [0.1, 0.15) is 11.5 Å². The number of likely N-dealkylation sites (tertiary alicyclic amines) is 1. The number of benzene rings is 2. The van der Waals surface area contributed by atoms with Crippen LogP contribution in [0.4, 0.5) is 0 Å². The molecular formula is C24H32N2O3. The Balaban J connectivity index is 1.44. The van der Waals surface area contributed by atoms with E-state index in [1.54, 1.807) is 7.11 Å². The molecule has 1 aliphatic carbocycles. The SMILES string of the molecule is COc1ccc(OCC(=O)N(C)[C@@H]2CCCC[C@H]2N2CCCC2)c2ccccc12. The fraction of sp³-hybridized carbons (Fsp3) is 0.542. The van der Waals surface area contributed by atoms with Gasteiger partial charge in [0.15, 0.2) is 6.61 Å². The number of fused-ring (bicyclic) bond motifs is 1. The molecule has 0 unspecified atom stereocenters. The zero-order valence-corrected chi connectivity index (χ0v) is 17.6. The first-order valence-electron chi connectivity index (χ1n) is 10.9. The zero-order valence-electron chi connectivity index (χ0n) is 17.6. The van der Waals surface area contributed by atoms with E-state index in [1.807, 2.05) is 48.3 Å². The van der Waals surface area contributed by atoms with Crippen LogP contribution in [-0.4, -0.2) is 61.6 Å². The largest absolute Gasteiger partial charge is 0.496 e. The zero-order chi connectivity index (χ0) is 20.2. The molecule has 1 saturated carbocycles. The molecule has 5 heteroatoms. The summed E-state index contributed by atoms with van der Waals surface area (Å²) < 4.78 is 11.4. The third kappa shape index (κ3) is 4.20. The summed E-state index contributed by atoms with van der Waals surface area (Å²) in [5, 5.41) is 1.96. The van der Waals surface area contributed by atoms with Crippen LogP contribution in [-0.2, 0) is 4.79 Å². The number of hydrogen-bond donors (Lipinski definition) is 0. The molecule has 156 valence electrons. The van der Waals surface area contributed by atoms with Crippen LogP contribution >= 0.6 is 0 Å². The summed E-state index contributed by atoms with van der Waals surface area (Å²) in [6.45, 7) is 2.42. The summed E-state index contributed by atoms with van der Waals surface area (Å²) >= 11 is 0. The van der Waals surface area contributed by atoms with E-state index in [0.29, 0.717) is 12.1 Å². The Hall–Kier alpha value is -2.27. The predicted octanol–water partition coefficient (Wildman–Crippen LogP) is 4.09. The van der Waals surface area contributed by atoms with Gasteiger partial charge in [0, 0.05) is 29.9 Å². The Morgan fingerprint density at radius 3 is 2.38 bits per heavy atom. The number of hydrogen-bond acceptors (Lipinski definition) is 4. The highest BCUT2D eigenvalue weighted by Gasteiger charge is 2.35. The van der Waals surface area contributed by atoms with Gasteiger partial charge in [-0.3, -0.25) is 9.69 Å². The second-order valence-electron chi connectivity index (χ2n) is 8.27. The highest BCUT2D eigenvalue weighted by molar-refractivity contribution is 5.93. The molecule has 2 aromatic carbocycles. The number of amides is 1. The quantitative estimate of drug-likeness (QED) is 0.737. The Bertz CT molecular complexity index is 847. The first-order chi connectivity index (χ1) is 14.2. The monoisotopic (exact) mass is 396 g/mol. The molecular weight excluding hydrogens is 364 g/mol. The van der Waals surface area contributed by atoms with E-state index in [4.69, 9.17) is 9.47 Å². The molecule has 1 saturated heterocycles. The first-order valence-corrected chi connectivity index (χ1v) is 10.9. The molecule has 0 radical (unpaired) electrons. The van der Waals surface area contributed by atoms with Gasteiger partial charge in [-0.15, -0.1) is 0 Å². The summed E-state index contributed by atoms with van der Waals surface area (Å²) in [6.07, 6.45) is 7.34. The molecule has 2 aliphatic rings. The third-order valence-corrected chi connectivity index (χ3v) is 6.61. The standard InChI is InChI=1S/C24H32N2O3/c1-25(20-11-5-6-12-21(20)26-15-7-8-16-26)24(27)17-29-23-14-13-22(28-2)18-9-3-4-10-19(18)23/h3-4,9-10,13-14,20-21H,5-8,11-12,15-17H2,1-2H3/t20-,21-/m1/s1. The van der Waals surface area contributed by atoms with E-state index >= 15 is 0 Å². The van der Waals surface area contributed by atoms with Gasteiger partial charge in [0.2, 0.25) is 0 Å². The molecule has 1 aliphatic heterocycles. The lowest BCUT2D eigenvalue weighted by Crippen LogP contribution is -2.53. The van der Waals surface area contributed by atoms with E-state index in [-0.39, 0.29) is 12.5 Å². The topological polar surface area (TPSA) is 42.0 Å². The van der Waals surface area contributed by atoms with Crippen molar-refractivity contribution < 1.29 is 14.3 Å². The fourth-order valence-electron chi connectivity index (χ4n) is 5.02. The van der Waals surface area contributed by atoms with E-state index in [1.165, 1.54) is 45.2 Å². The molecule has 2 fully saturated rings. The number of rotatable bonds is 6. The van der Waals surface area contributed by atoms with Gasteiger partial charge in [-0.1, -0.05) is 37.1 Å². The Morgan fingerprint density at radius 1 is 1.00 bits per heavy atom. The maximum Gasteiger partial charge on any atom is 0.260 e. The molecule has 0 spiro atoms. The van der Waals surface area contributed by atoms with Crippen LogP contribution in [0.2, 0.25) is 0 Å². The smallest absolute Gasteiger partial charge is 0.260 e. The van der Waals surface area contributed by atoms with Crippen LogP contribution < -0.4 is 9.47 Å². The molecule has 2 atom stereocenters. The molecule has 0 N–H and O–H groups in total. The van der Waals surface area contributed by atoms with Crippen molar-refractivity contribution in [3.05, 3.63) is 36.4 Å². The highest BCUT2D eigenvalue weighted by Crippen LogP contribution is 2.33. The lowest BCUT2D eigenvalue weighted by atomic mass is 9.88. The molecule has 4 rings (SSSR count). The Labute approximate surface area is 173 Å². The van der Waals surface area contributed by atoms with Crippen LogP contribution in [0.1, 0.15) is 38.5 Å². The average Bonchev–Trinajstić information content (AvgIpc) is 3.31. The van der Waals surface area contributed by atoms with E-state index in [9.17, 15) is 4.79 Å². The summed E-state index contributed by atoms with van der Waals surface area (Å²) in [5.41, 5.74) is 0. The molecule has 0 bridgehead atoms. The summed E-state index contributed by atoms with van der Waals surface area (Å²) in [4.78, 5) is 17.5. The Kier molecular flexibility index (Phi) is 6.24. The molecule has 1 heterocycles. The number of ether oxygens (including phenoxy) is 2. The van der Waals surface area contributed by atoms with Crippen molar-refractivity contribution in [1.29, 1.82) is 0 Å². The maximum absolute atomic E-state index is 13.0.